The normalized spacial score (nSPS) is 13.9. The Morgan fingerprint density at radius 1 is 1.30 bits per heavy atom. The van der Waals surface area contributed by atoms with Crippen LogP contribution >= 0.6 is 11.3 Å². The van der Waals surface area contributed by atoms with Crippen molar-refractivity contribution in [2.24, 2.45) is 0 Å². The van der Waals surface area contributed by atoms with Crippen molar-refractivity contribution in [2.75, 3.05) is 18.4 Å². The van der Waals surface area contributed by atoms with E-state index in [1.807, 2.05) is 24.4 Å². The third kappa shape index (κ3) is 3.64. The second kappa shape index (κ2) is 7.75. The van der Waals surface area contributed by atoms with Gasteiger partial charge in [-0.15, -0.1) is 11.3 Å². The Labute approximate surface area is 161 Å². The van der Waals surface area contributed by atoms with E-state index < -0.39 is 0 Å². The maximum atomic E-state index is 10.5. The van der Waals surface area contributed by atoms with Crippen molar-refractivity contribution in [1.82, 2.24) is 14.9 Å². The molecule has 2 N–H and O–H groups in total. The third-order valence-electron chi connectivity index (χ3n) is 4.72. The monoisotopic (exact) mass is 380 g/mol. The van der Waals surface area contributed by atoms with Gasteiger partial charge in [-0.05, 0) is 36.1 Å². The number of aldehydes is 1. The number of phenolic OH excluding ortho intramolecular Hbond substituents is 1. The van der Waals surface area contributed by atoms with Gasteiger partial charge in [-0.1, -0.05) is 18.2 Å². The van der Waals surface area contributed by atoms with E-state index in [-0.39, 0.29) is 0 Å². The number of fused-ring (bicyclic) bond motifs is 3. The van der Waals surface area contributed by atoms with Gasteiger partial charge in [-0.2, -0.15) is 0 Å². The molecule has 138 valence electrons. The lowest BCUT2D eigenvalue weighted by atomic mass is 10.1. The Morgan fingerprint density at radius 3 is 3.04 bits per heavy atom. The zero-order chi connectivity index (χ0) is 18.6. The number of benzene rings is 1. The molecule has 0 atom stereocenters. The van der Waals surface area contributed by atoms with Crippen LogP contribution in [0.25, 0.3) is 10.2 Å². The number of aromatic hydroxyl groups is 1. The van der Waals surface area contributed by atoms with E-state index in [1.54, 1.807) is 23.7 Å². The predicted octanol–water partition coefficient (Wildman–Crippen LogP) is 3.12. The van der Waals surface area contributed by atoms with E-state index in [9.17, 15) is 9.90 Å². The highest BCUT2D eigenvalue weighted by molar-refractivity contribution is 7.19. The van der Waals surface area contributed by atoms with Gasteiger partial charge in [-0.3, -0.25) is 4.79 Å². The van der Waals surface area contributed by atoms with Crippen LogP contribution in [0, 0.1) is 0 Å². The number of anilines is 1. The minimum atomic E-state index is 0.323. The van der Waals surface area contributed by atoms with Crippen molar-refractivity contribution >= 4 is 33.7 Å². The van der Waals surface area contributed by atoms with Crippen molar-refractivity contribution in [2.45, 2.75) is 19.4 Å². The van der Waals surface area contributed by atoms with Crippen LogP contribution in [0.3, 0.4) is 0 Å². The highest BCUT2D eigenvalue weighted by atomic mass is 32.1. The summed E-state index contributed by atoms with van der Waals surface area (Å²) >= 11 is 1.69. The summed E-state index contributed by atoms with van der Waals surface area (Å²) in [6, 6.07) is 7.39. The highest BCUT2D eigenvalue weighted by Crippen LogP contribution is 2.37. The first-order chi connectivity index (χ1) is 13.3. The molecule has 0 unspecified atom stereocenters. The lowest BCUT2D eigenvalue weighted by molar-refractivity contribution is -0.104. The molecule has 0 bridgehead atoms. The largest absolute Gasteiger partial charge is 0.508 e. The fourth-order valence-electron chi connectivity index (χ4n) is 3.40. The minimum absolute atomic E-state index is 0.323. The number of hydrogen-bond acceptors (Lipinski definition) is 7. The van der Waals surface area contributed by atoms with E-state index in [0.717, 1.165) is 53.8 Å². The quantitative estimate of drug-likeness (QED) is 0.505. The lowest BCUT2D eigenvalue weighted by Crippen LogP contribution is -2.24. The van der Waals surface area contributed by atoms with Gasteiger partial charge in [-0.25, -0.2) is 9.97 Å². The van der Waals surface area contributed by atoms with Crippen molar-refractivity contribution in [3.8, 4) is 5.75 Å². The molecule has 1 aliphatic rings. The Kier molecular flexibility index (Phi) is 5.02. The molecule has 0 aliphatic carbocycles. The standard InChI is InChI=1S/C20H20N4O2S/c25-11-3-9-24-10-7-15-17(12-24)27-20-18(15)19(22-13-23-20)21-8-6-14-4-1-2-5-16(14)26/h1-5,9,11,13,26H,6-8,10,12H2,(H,21,22,23). The smallest absolute Gasteiger partial charge is 0.144 e. The number of carbonyl (C=O) groups excluding carboxylic acids is 1. The summed E-state index contributed by atoms with van der Waals surface area (Å²) in [4.78, 5) is 23.9. The molecule has 2 aromatic heterocycles. The van der Waals surface area contributed by atoms with Gasteiger partial charge < -0.3 is 15.3 Å². The number of carbonyl (C=O) groups is 1. The summed E-state index contributed by atoms with van der Waals surface area (Å²) in [6.07, 6.45) is 7.39. The van der Waals surface area contributed by atoms with Gasteiger partial charge in [0.05, 0.1) is 11.9 Å². The zero-order valence-corrected chi connectivity index (χ0v) is 15.6. The Morgan fingerprint density at radius 2 is 2.19 bits per heavy atom. The van der Waals surface area contributed by atoms with E-state index in [4.69, 9.17) is 0 Å². The highest BCUT2D eigenvalue weighted by Gasteiger charge is 2.22. The van der Waals surface area contributed by atoms with Crippen LogP contribution in [-0.4, -0.2) is 39.4 Å². The first kappa shape index (κ1) is 17.5. The van der Waals surface area contributed by atoms with Crippen LogP contribution in [-0.2, 0) is 24.2 Å². The molecule has 0 saturated heterocycles. The van der Waals surface area contributed by atoms with E-state index in [0.29, 0.717) is 12.3 Å². The average molecular weight is 380 g/mol. The van der Waals surface area contributed by atoms with Crippen LogP contribution in [0.4, 0.5) is 5.82 Å². The molecule has 0 fully saturated rings. The number of para-hydroxylation sites is 1. The lowest BCUT2D eigenvalue weighted by Gasteiger charge is -2.25. The first-order valence-corrected chi connectivity index (χ1v) is 9.70. The number of nitrogens with one attached hydrogen (secondary N) is 1. The number of nitrogens with zero attached hydrogens (tertiary/aromatic N) is 3. The summed E-state index contributed by atoms with van der Waals surface area (Å²) < 4.78 is 0. The van der Waals surface area contributed by atoms with Gasteiger partial charge >= 0.3 is 0 Å². The third-order valence-corrected chi connectivity index (χ3v) is 5.85. The van der Waals surface area contributed by atoms with Crippen molar-refractivity contribution < 1.29 is 9.90 Å². The Balaban J connectivity index is 1.54. The molecule has 0 amide bonds. The molecule has 3 aromatic rings. The van der Waals surface area contributed by atoms with Crippen LogP contribution < -0.4 is 5.32 Å². The maximum absolute atomic E-state index is 10.5. The van der Waals surface area contributed by atoms with Crippen LogP contribution in [0.15, 0.2) is 42.9 Å². The van der Waals surface area contributed by atoms with Crippen molar-refractivity contribution in [1.29, 1.82) is 0 Å². The summed E-state index contributed by atoms with van der Waals surface area (Å²) in [5, 5.41) is 14.4. The van der Waals surface area contributed by atoms with Crippen molar-refractivity contribution in [3.63, 3.8) is 0 Å². The summed E-state index contributed by atoms with van der Waals surface area (Å²) in [5.41, 5.74) is 2.22. The molecule has 3 heterocycles. The number of allylic oxidation sites excluding steroid dienone is 1. The zero-order valence-electron chi connectivity index (χ0n) is 14.8. The molecule has 4 rings (SSSR count). The summed E-state index contributed by atoms with van der Waals surface area (Å²) in [7, 11) is 0. The van der Waals surface area contributed by atoms with Gasteiger partial charge in [0.2, 0.25) is 0 Å². The molecule has 6 nitrogen and oxygen atoms in total. The number of rotatable bonds is 6. The number of hydrogen-bond donors (Lipinski definition) is 2. The molecule has 0 spiro atoms. The molecule has 27 heavy (non-hydrogen) atoms. The summed E-state index contributed by atoms with van der Waals surface area (Å²) in [6.45, 7) is 2.34. The number of phenols is 1. The van der Waals surface area contributed by atoms with Gasteiger partial charge in [0.1, 0.15) is 29.0 Å². The molecule has 1 aromatic carbocycles. The average Bonchev–Trinajstić information content (AvgIpc) is 3.06. The van der Waals surface area contributed by atoms with Crippen LogP contribution in [0.5, 0.6) is 5.75 Å². The molecule has 1 aliphatic heterocycles. The summed E-state index contributed by atoms with van der Waals surface area (Å²) in [5.74, 6) is 1.17. The Bertz CT molecular complexity index is 999. The second-order valence-electron chi connectivity index (χ2n) is 6.41. The Hall–Kier alpha value is -2.93. The molecular weight excluding hydrogens is 360 g/mol. The van der Waals surface area contributed by atoms with Gasteiger partial charge in [0.25, 0.3) is 0 Å². The predicted molar refractivity (Wildman–Crippen MR) is 107 cm³/mol. The molecule has 0 radical (unpaired) electrons. The molecular formula is C20H20N4O2S. The molecule has 0 saturated carbocycles. The van der Waals surface area contributed by atoms with E-state index in [2.05, 4.69) is 20.2 Å². The van der Waals surface area contributed by atoms with Gasteiger partial charge in [0, 0.05) is 24.2 Å². The minimum Gasteiger partial charge on any atom is -0.508 e. The SMILES string of the molecule is O=CC=CN1CCc2c(sc3ncnc(NCCc4ccccc4O)c23)C1. The van der Waals surface area contributed by atoms with Crippen LogP contribution in [0.1, 0.15) is 16.0 Å². The first-order valence-electron chi connectivity index (χ1n) is 8.88. The fraction of sp³-hybridized carbons (Fsp3) is 0.250. The second-order valence-corrected chi connectivity index (χ2v) is 7.49. The maximum Gasteiger partial charge on any atom is 0.144 e. The number of thiophene rings is 1. The molecule has 7 heteroatoms. The van der Waals surface area contributed by atoms with E-state index in [1.165, 1.54) is 16.5 Å². The topological polar surface area (TPSA) is 78.4 Å². The van der Waals surface area contributed by atoms with Crippen molar-refractivity contribution in [3.05, 3.63) is 58.9 Å². The number of aromatic nitrogens is 2. The van der Waals surface area contributed by atoms with Gasteiger partial charge in [0.15, 0.2) is 0 Å². The van der Waals surface area contributed by atoms with E-state index >= 15 is 0 Å². The fourth-order valence-corrected chi connectivity index (χ4v) is 4.62. The van der Waals surface area contributed by atoms with Crippen LogP contribution in [0.2, 0.25) is 0 Å².